The molecule has 4 heteroatoms. The third-order valence-electron chi connectivity index (χ3n) is 1.62. The summed E-state index contributed by atoms with van der Waals surface area (Å²) in [6, 6.07) is -0.576. The van der Waals surface area contributed by atoms with Crippen LogP contribution in [-0.2, 0) is 14.3 Å². The summed E-state index contributed by atoms with van der Waals surface area (Å²) in [4.78, 5) is 22.2. The summed E-state index contributed by atoms with van der Waals surface area (Å²) in [7, 11) is 0. The Balaban J connectivity index is 4.25. The van der Waals surface area contributed by atoms with Crippen LogP contribution in [0.5, 0.6) is 0 Å². The van der Waals surface area contributed by atoms with Crippen molar-refractivity contribution in [1.29, 1.82) is 0 Å². The van der Waals surface area contributed by atoms with E-state index in [2.05, 4.69) is 11.9 Å². The number of carbonyl (C=O) groups excluding carboxylic acids is 2. The van der Waals surface area contributed by atoms with Crippen molar-refractivity contribution in [2.75, 3.05) is 6.61 Å². The van der Waals surface area contributed by atoms with Crippen LogP contribution in [0, 0.1) is 5.92 Å². The summed E-state index contributed by atoms with van der Waals surface area (Å²) in [6.07, 6.45) is 1.49. The molecule has 0 saturated heterocycles. The Hall–Kier alpha value is -1.32. The maximum absolute atomic E-state index is 11.4. The molecule has 0 aliphatic heterocycles. The molecule has 0 aromatic carbocycles. The van der Waals surface area contributed by atoms with Gasteiger partial charge in [0.05, 0.1) is 0 Å². The Kier molecular flexibility index (Phi) is 5.60. The van der Waals surface area contributed by atoms with Crippen molar-refractivity contribution < 1.29 is 14.3 Å². The zero-order valence-corrected chi connectivity index (χ0v) is 8.87. The van der Waals surface area contributed by atoms with Crippen molar-refractivity contribution in [1.82, 2.24) is 5.32 Å². The van der Waals surface area contributed by atoms with E-state index in [-0.39, 0.29) is 18.4 Å². The zero-order valence-electron chi connectivity index (χ0n) is 8.87. The normalized spacial score (nSPS) is 12.0. The Morgan fingerprint density at radius 1 is 1.50 bits per heavy atom. The van der Waals surface area contributed by atoms with Crippen molar-refractivity contribution in [3.05, 3.63) is 12.7 Å². The highest BCUT2D eigenvalue weighted by Crippen LogP contribution is 2.03. The Morgan fingerprint density at radius 3 is 2.43 bits per heavy atom. The molecule has 0 aliphatic carbocycles. The van der Waals surface area contributed by atoms with Crippen molar-refractivity contribution in [3.8, 4) is 0 Å². The first-order chi connectivity index (χ1) is 6.49. The summed E-state index contributed by atoms with van der Waals surface area (Å²) in [5.41, 5.74) is 0. The molecule has 0 aromatic heterocycles. The molecule has 0 radical (unpaired) electrons. The molecule has 0 aliphatic rings. The van der Waals surface area contributed by atoms with Crippen LogP contribution < -0.4 is 5.32 Å². The molecule has 14 heavy (non-hydrogen) atoms. The number of amides is 1. The number of hydrogen-bond donors (Lipinski definition) is 1. The molecule has 0 bridgehead atoms. The molecule has 0 rings (SSSR count). The minimum absolute atomic E-state index is 0.0104. The molecule has 0 unspecified atom stereocenters. The predicted octanol–water partition coefficient (Wildman–Crippen LogP) is 0.876. The molecule has 1 atom stereocenters. The Labute approximate surface area is 84.3 Å². The van der Waals surface area contributed by atoms with Gasteiger partial charge in [-0.05, 0) is 5.92 Å². The fraction of sp³-hybridized carbons (Fsp3) is 0.600. The van der Waals surface area contributed by atoms with E-state index >= 15 is 0 Å². The third kappa shape index (κ3) is 4.64. The Bertz CT molecular complexity index is 223. The fourth-order valence-electron chi connectivity index (χ4n) is 0.948. The first-order valence-corrected chi connectivity index (χ1v) is 4.53. The predicted molar refractivity (Wildman–Crippen MR) is 53.6 cm³/mol. The van der Waals surface area contributed by atoms with Gasteiger partial charge in [0.15, 0.2) is 0 Å². The van der Waals surface area contributed by atoms with Gasteiger partial charge in [-0.3, -0.25) is 4.79 Å². The highest BCUT2D eigenvalue weighted by atomic mass is 16.5. The number of nitrogens with one attached hydrogen (secondary N) is 1. The van der Waals surface area contributed by atoms with E-state index in [0.29, 0.717) is 0 Å². The summed E-state index contributed by atoms with van der Waals surface area (Å²) in [6.45, 7) is 8.66. The van der Waals surface area contributed by atoms with E-state index in [0.717, 1.165) is 0 Å². The minimum Gasteiger partial charge on any atom is -0.460 e. The molecule has 80 valence electrons. The maximum atomic E-state index is 11.4. The molecule has 0 aromatic rings. The van der Waals surface area contributed by atoms with E-state index in [4.69, 9.17) is 4.74 Å². The minimum atomic E-state index is -0.576. The van der Waals surface area contributed by atoms with Crippen molar-refractivity contribution in [2.45, 2.75) is 26.8 Å². The lowest BCUT2D eigenvalue weighted by Gasteiger charge is -2.19. The molecular weight excluding hydrogens is 182 g/mol. The second-order valence-corrected chi connectivity index (χ2v) is 3.34. The van der Waals surface area contributed by atoms with Gasteiger partial charge in [0.25, 0.3) is 0 Å². The van der Waals surface area contributed by atoms with Gasteiger partial charge in [-0.15, -0.1) is 0 Å². The van der Waals surface area contributed by atoms with Crippen LogP contribution in [0.3, 0.4) is 0 Å². The van der Waals surface area contributed by atoms with E-state index in [1.165, 1.54) is 13.0 Å². The molecule has 1 amide bonds. The third-order valence-corrected chi connectivity index (χ3v) is 1.62. The quantitative estimate of drug-likeness (QED) is 0.528. The van der Waals surface area contributed by atoms with Gasteiger partial charge < -0.3 is 10.1 Å². The Morgan fingerprint density at radius 2 is 2.07 bits per heavy atom. The van der Waals surface area contributed by atoms with Gasteiger partial charge >= 0.3 is 5.97 Å². The van der Waals surface area contributed by atoms with Gasteiger partial charge in [-0.25, -0.2) is 4.79 Å². The zero-order chi connectivity index (χ0) is 11.1. The molecule has 0 fully saturated rings. The highest BCUT2D eigenvalue weighted by molar-refractivity contribution is 5.83. The summed E-state index contributed by atoms with van der Waals surface area (Å²) >= 11 is 0. The number of rotatable bonds is 5. The topological polar surface area (TPSA) is 55.4 Å². The van der Waals surface area contributed by atoms with Crippen molar-refractivity contribution >= 4 is 11.9 Å². The van der Waals surface area contributed by atoms with E-state index in [9.17, 15) is 9.59 Å². The van der Waals surface area contributed by atoms with E-state index in [1.54, 1.807) is 0 Å². The van der Waals surface area contributed by atoms with Crippen molar-refractivity contribution in [2.24, 2.45) is 5.92 Å². The van der Waals surface area contributed by atoms with Crippen LogP contribution >= 0.6 is 0 Å². The fourth-order valence-corrected chi connectivity index (χ4v) is 0.948. The van der Waals surface area contributed by atoms with Crippen LogP contribution in [-0.4, -0.2) is 24.5 Å². The van der Waals surface area contributed by atoms with Gasteiger partial charge in [0, 0.05) is 6.92 Å². The lowest BCUT2D eigenvalue weighted by Crippen LogP contribution is -2.44. The average molecular weight is 199 g/mol. The first-order valence-electron chi connectivity index (χ1n) is 4.53. The van der Waals surface area contributed by atoms with Crippen molar-refractivity contribution in [3.63, 3.8) is 0 Å². The lowest BCUT2D eigenvalue weighted by molar-refractivity contribution is -0.147. The second-order valence-electron chi connectivity index (χ2n) is 3.34. The molecule has 0 heterocycles. The number of ether oxygens (including phenoxy) is 1. The second kappa shape index (κ2) is 6.18. The summed E-state index contributed by atoms with van der Waals surface area (Å²) < 4.78 is 4.84. The van der Waals surface area contributed by atoms with Gasteiger partial charge in [0.2, 0.25) is 5.91 Å². The van der Waals surface area contributed by atoms with Gasteiger partial charge in [-0.1, -0.05) is 26.5 Å². The number of esters is 1. The molecular formula is C10H17NO3. The molecule has 0 spiro atoms. The van der Waals surface area contributed by atoms with Crippen LogP contribution in [0.2, 0.25) is 0 Å². The molecule has 4 nitrogen and oxygen atoms in total. The number of carbonyl (C=O) groups is 2. The maximum Gasteiger partial charge on any atom is 0.329 e. The van der Waals surface area contributed by atoms with Gasteiger partial charge in [-0.2, -0.15) is 0 Å². The van der Waals surface area contributed by atoms with E-state index in [1.807, 2.05) is 13.8 Å². The SMILES string of the molecule is C=CCOC(=O)[C@@H](NC(C)=O)C(C)C. The largest absolute Gasteiger partial charge is 0.460 e. The summed E-state index contributed by atoms with van der Waals surface area (Å²) in [5, 5.41) is 2.54. The smallest absolute Gasteiger partial charge is 0.329 e. The molecule has 0 saturated carbocycles. The number of hydrogen-bond acceptors (Lipinski definition) is 3. The van der Waals surface area contributed by atoms with Crippen LogP contribution in [0.25, 0.3) is 0 Å². The van der Waals surface area contributed by atoms with Crippen LogP contribution in [0.1, 0.15) is 20.8 Å². The highest BCUT2D eigenvalue weighted by Gasteiger charge is 2.23. The van der Waals surface area contributed by atoms with Gasteiger partial charge in [0.1, 0.15) is 12.6 Å². The monoisotopic (exact) mass is 199 g/mol. The van der Waals surface area contributed by atoms with Crippen LogP contribution in [0.4, 0.5) is 0 Å². The first kappa shape index (κ1) is 12.7. The standard InChI is InChI=1S/C10H17NO3/c1-5-6-14-10(13)9(7(2)3)11-8(4)12/h5,7,9H,1,6H2,2-4H3,(H,11,12)/t9-/m0/s1. The lowest BCUT2D eigenvalue weighted by atomic mass is 10.0. The van der Waals surface area contributed by atoms with Crippen LogP contribution in [0.15, 0.2) is 12.7 Å². The average Bonchev–Trinajstić information content (AvgIpc) is 2.09. The van der Waals surface area contributed by atoms with E-state index < -0.39 is 12.0 Å². The molecule has 1 N–H and O–H groups in total. The summed E-state index contributed by atoms with van der Waals surface area (Å²) in [5.74, 6) is -0.648.